The first-order valence-electron chi connectivity index (χ1n) is 5.37. The van der Waals surface area contributed by atoms with Crippen LogP contribution < -0.4 is 5.73 Å². The number of phenols is 1. The van der Waals surface area contributed by atoms with E-state index in [1.165, 1.54) is 30.3 Å². The number of hydrogen-bond donors (Lipinski definition) is 3. The summed E-state index contributed by atoms with van der Waals surface area (Å²) in [6.45, 7) is 0. The van der Waals surface area contributed by atoms with Gasteiger partial charge in [-0.15, -0.1) is 0 Å². The number of rotatable bonds is 1. The third-order valence-corrected chi connectivity index (χ3v) is 2.71. The van der Waals surface area contributed by atoms with Crippen molar-refractivity contribution in [3.8, 4) is 17.1 Å². The first-order chi connectivity index (χ1) is 8.63. The topological polar surface area (TPSA) is 74.9 Å². The molecule has 2 aromatic carbocycles. The minimum Gasteiger partial charge on any atom is -0.508 e. The molecule has 4 nitrogen and oxygen atoms in total. The lowest BCUT2D eigenvalue weighted by atomic mass is 10.2. The van der Waals surface area contributed by atoms with Gasteiger partial charge in [-0.1, -0.05) is 0 Å². The number of nitrogens with one attached hydrogen (secondary N) is 1. The maximum atomic E-state index is 13.7. The van der Waals surface area contributed by atoms with Crippen LogP contribution in [-0.2, 0) is 0 Å². The standard InChI is InChI=1S/C13H10FN3O/c14-10-3-1-7(15)5-9(10)13-16-11-4-2-8(18)6-12(11)17-13/h1-6,18H,15H2,(H,16,17). The molecule has 0 saturated carbocycles. The van der Waals surface area contributed by atoms with Crippen LogP contribution in [-0.4, -0.2) is 15.1 Å². The Kier molecular flexibility index (Phi) is 2.19. The normalized spacial score (nSPS) is 10.9. The summed E-state index contributed by atoms with van der Waals surface area (Å²) in [6, 6.07) is 9.04. The fourth-order valence-corrected chi connectivity index (χ4v) is 1.85. The van der Waals surface area contributed by atoms with Crippen LogP contribution in [0.1, 0.15) is 0 Å². The van der Waals surface area contributed by atoms with Crippen LogP contribution in [0.5, 0.6) is 5.75 Å². The number of halogens is 1. The Bertz CT molecular complexity index is 736. The van der Waals surface area contributed by atoms with E-state index in [1.54, 1.807) is 6.07 Å². The van der Waals surface area contributed by atoms with Crippen LogP contribution >= 0.6 is 0 Å². The number of aromatic nitrogens is 2. The SMILES string of the molecule is Nc1ccc(F)c(-c2nc3ccc(O)cc3[nH]2)c1. The fraction of sp³-hybridized carbons (Fsp3) is 0. The number of H-pyrrole nitrogens is 1. The summed E-state index contributed by atoms with van der Waals surface area (Å²) in [5.41, 5.74) is 7.72. The maximum absolute atomic E-state index is 13.7. The summed E-state index contributed by atoms with van der Waals surface area (Å²) in [5.74, 6) is 0.124. The summed E-state index contributed by atoms with van der Waals surface area (Å²) < 4.78 is 13.7. The van der Waals surface area contributed by atoms with Gasteiger partial charge in [0.15, 0.2) is 0 Å². The van der Waals surface area contributed by atoms with Gasteiger partial charge in [-0.25, -0.2) is 9.37 Å². The lowest BCUT2D eigenvalue weighted by molar-refractivity contribution is 0.476. The summed E-state index contributed by atoms with van der Waals surface area (Å²) >= 11 is 0. The molecule has 3 rings (SSSR count). The monoisotopic (exact) mass is 243 g/mol. The number of nitrogen functional groups attached to an aromatic ring is 1. The average Bonchev–Trinajstić information content (AvgIpc) is 2.74. The zero-order valence-corrected chi connectivity index (χ0v) is 9.31. The van der Waals surface area contributed by atoms with Gasteiger partial charge in [0.05, 0.1) is 16.6 Å². The van der Waals surface area contributed by atoms with Gasteiger partial charge in [-0.2, -0.15) is 0 Å². The zero-order valence-electron chi connectivity index (χ0n) is 9.31. The molecule has 1 aromatic heterocycles. The summed E-state index contributed by atoms with van der Waals surface area (Å²) in [7, 11) is 0. The zero-order chi connectivity index (χ0) is 12.7. The van der Waals surface area contributed by atoms with Crippen molar-refractivity contribution in [1.29, 1.82) is 0 Å². The third-order valence-electron chi connectivity index (χ3n) is 2.71. The van der Waals surface area contributed by atoms with E-state index in [9.17, 15) is 9.50 Å². The van der Waals surface area contributed by atoms with Gasteiger partial charge in [0.1, 0.15) is 17.4 Å². The molecule has 0 amide bonds. The lowest BCUT2D eigenvalue weighted by Crippen LogP contribution is -1.90. The summed E-state index contributed by atoms with van der Waals surface area (Å²) in [6.07, 6.45) is 0. The molecule has 3 aromatic rings. The fourth-order valence-electron chi connectivity index (χ4n) is 1.85. The van der Waals surface area contributed by atoms with Crippen LogP contribution in [0.4, 0.5) is 10.1 Å². The second-order valence-electron chi connectivity index (χ2n) is 4.03. The van der Waals surface area contributed by atoms with E-state index in [-0.39, 0.29) is 5.75 Å². The molecular formula is C13H10FN3O. The Morgan fingerprint density at radius 2 is 2.00 bits per heavy atom. The van der Waals surface area contributed by atoms with Crippen molar-refractivity contribution in [2.75, 3.05) is 5.73 Å². The van der Waals surface area contributed by atoms with E-state index in [2.05, 4.69) is 9.97 Å². The number of nitrogens with two attached hydrogens (primary N) is 1. The van der Waals surface area contributed by atoms with E-state index in [4.69, 9.17) is 5.73 Å². The van der Waals surface area contributed by atoms with E-state index in [0.29, 0.717) is 28.1 Å². The molecule has 0 aliphatic carbocycles. The van der Waals surface area contributed by atoms with Crippen LogP contribution in [0.25, 0.3) is 22.4 Å². The second kappa shape index (κ2) is 3.73. The number of phenolic OH excluding ortho intramolecular Hbond substituents is 1. The van der Waals surface area contributed by atoms with Crippen molar-refractivity contribution in [3.05, 3.63) is 42.2 Å². The van der Waals surface area contributed by atoms with Crippen molar-refractivity contribution in [3.63, 3.8) is 0 Å². The molecule has 0 aliphatic rings. The Morgan fingerprint density at radius 3 is 2.83 bits per heavy atom. The van der Waals surface area contributed by atoms with Gasteiger partial charge in [-0.3, -0.25) is 0 Å². The maximum Gasteiger partial charge on any atom is 0.141 e. The molecule has 0 radical (unpaired) electrons. The highest BCUT2D eigenvalue weighted by molar-refractivity contribution is 5.81. The Morgan fingerprint density at radius 1 is 1.17 bits per heavy atom. The van der Waals surface area contributed by atoms with Gasteiger partial charge in [0.2, 0.25) is 0 Å². The smallest absolute Gasteiger partial charge is 0.141 e. The van der Waals surface area contributed by atoms with Crippen molar-refractivity contribution < 1.29 is 9.50 Å². The van der Waals surface area contributed by atoms with Crippen LogP contribution in [0, 0.1) is 5.82 Å². The van der Waals surface area contributed by atoms with E-state index in [1.807, 2.05) is 0 Å². The van der Waals surface area contributed by atoms with E-state index < -0.39 is 5.82 Å². The number of aromatic hydroxyl groups is 1. The molecular weight excluding hydrogens is 233 g/mol. The molecule has 5 heteroatoms. The number of hydrogen-bond acceptors (Lipinski definition) is 3. The molecule has 0 spiro atoms. The molecule has 4 N–H and O–H groups in total. The molecule has 0 atom stereocenters. The molecule has 0 aliphatic heterocycles. The van der Waals surface area contributed by atoms with Gasteiger partial charge in [0.25, 0.3) is 0 Å². The quantitative estimate of drug-likeness (QED) is 0.575. The minimum absolute atomic E-state index is 0.130. The van der Waals surface area contributed by atoms with Crippen molar-refractivity contribution in [2.24, 2.45) is 0 Å². The predicted molar refractivity (Wildman–Crippen MR) is 67.6 cm³/mol. The highest BCUT2D eigenvalue weighted by Gasteiger charge is 2.10. The summed E-state index contributed by atoms with van der Waals surface area (Å²) in [4.78, 5) is 7.22. The third kappa shape index (κ3) is 1.66. The van der Waals surface area contributed by atoms with Crippen LogP contribution in [0.3, 0.4) is 0 Å². The highest BCUT2D eigenvalue weighted by atomic mass is 19.1. The highest BCUT2D eigenvalue weighted by Crippen LogP contribution is 2.26. The minimum atomic E-state index is -0.396. The number of imidazole rings is 1. The average molecular weight is 243 g/mol. The predicted octanol–water partition coefficient (Wildman–Crippen LogP) is 2.66. The van der Waals surface area contributed by atoms with Crippen LogP contribution in [0.2, 0.25) is 0 Å². The summed E-state index contributed by atoms with van der Waals surface area (Å²) in [5, 5.41) is 9.37. The van der Waals surface area contributed by atoms with Gasteiger partial charge < -0.3 is 15.8 Å². The molecule has 1 heterocycles. The first-order valence-corrected chi connectivity index (χ1v) is 5.37. The number of anilines is 1. The molecule has 90 valence electrons. The Hall–Kier alpha value is -2.56. The lowest BCUT2D eigenvalue weighted by Gasteiger charge is -2.00. The van der Waals surface area contributed by atoms with Crippen molar-refractivity contribution >= 4 is 16.7 Å². The molecule has 0 fully saturated rings. The number of benzene rings is 2. The van der Waals surface area contributed by atoms with Crippen LogP contribution in [0.15, 0.2) is 36.4 Å². The molecule has 0 bridgehead atoms. The first kappa shape index (κ1) is 10.6. The van der Waals surface area contributed by atoms with Crippen molar-refractivity contribution in [2.45, 2.75) is 0 Å². The van der Waals surface area contributed by atoms with Gasteiger partial charge in [-0.05, 0) is 30.3 Å². The van der Waals surface area contributed by atoms with Gasteiger partial charge >= 0.3 is 0 Å². The number of aromatic amines is 1. The molecule has 0 unspecified atom stereocenters. The second-order valence-corrected chi connectivity index (χ2v) is 4.03. The molecule has 0 saturated heterocycles. The largest absolute Gasteiger partial charge is 0.508 e. The Labute approximate surface area is 102 Å². The van der Waals surface area contributed by atoms with Gasteiger partial charge in [0, 0.05) is 11.8 Å². The Balaban J connectivity index is 2.22. The van der Waals surface area contributed by atoms with E-state index in [0.717, 1.165) is 0 Å². The van der Waals surface area contributed by atoms with E-state index >= 15 is 0 Å². The van der Waals surface area contributed by atoms with Crippen molar-refractivity contribution in [1.82, 2.24) is 9.97 Å². The molecule has 18 heavy (non-hydrogen) atoms. The number of fused-ring (bicyclic) bond motifs is 1. The number of nitrogens with zero attached hydrogens (tertiary/aromatic N) is 1.